The van der Waals surface area contributed by atoms with Gasteiger partial charge in [-0.1, -0.05) is 152 Å². The van der Waals surface area contributed by atoms with Gasteiger partial charge in [0.05, 0.1) is 0 Å². The van der Waals surface area contributed by atoms with Crippen LogP contribution in [0.1, 0.15) is 118 Å². The predicted molar refractivity (Wildman–Crippen MR) is 234 cm³/mol. The van der Waals surface area contributed by atoms with Gasteiger partial charge in [-0.25, -0.2) is 12.0 Å². The summed E-state index contributed by atoms with van der Waals surface area (Å²) in [5.74, 6) is 2.76. The Morgan fingerprint density at radius 3 is 1.84 bits per heavy atom. The number of hydrogen-bond acceptors (Lipinski definition) is 0. The molecule has 3 heteroatoms. The molecule has 57 heavy (non-hydrogen) atoms. The van der Waals surface area contributed by atoms with Crippen molar-refractivity contribution in [3.8, 4) is 0 Å². The molecule has 0 heterocycles. The SMILES string of the molecule is CC1[C-]=CC(C(C)(C)C)=C1.C[C-]1C2=C3Cc4ccccc4C3=C3C=CCCC3C2(C)C(C)(C)C(C)(C)C1(C)C.[Cl-].[Cl-].[Zr+2]=[C](Cc1ccccc1)Cc1ccccc1. The first-order chi connectivity index (χ1) is 25.8. The Balaban J connectivity index is 0.000000217. The summed E-state index contributed by atoms with van der Waals surface area (Å²) in [6.07, 6.45) is 18.4. The zero-order chi connectivity index (χ0) is 40.0. The molecule has 8 rings (SSSR count). The average molecular weight is 877 g/mol. The molecule has 5 aliphatic rings. The van der Waals surface area contributed by atoms with Crippen molar-refractivity contribution in [3.05, 3.63) is 166 Å². The normalized spacial score (nSPS) is 24.2. The molecule has 3 unspecified atom stereocenters. The van der Waals surface area contributed by atoms with Crippen LogP contribution in [-0.4, -0.2) is 3.21 Å². The fourth-order valence-electron chi connectivity index (χ4n) is 10.4. The van der Waals surface area contributed by atoms with Gasteiger partial charge in [-0.05, 0) is 40.6 Å². The fraction of sp³-hybridized carbons (Fsp3) is 0.444. The van der Waals surface area contributed by atoms with Crippen molar-refractivity contribution in [2.45, 2.75) is 115 Å². The number of benzene rings is 3. The first-order valence-corrected chi connectivity index (χ1v) is 22.1. The molecule has 0 saturated heterocycles. The molecule has 5 aliphatic carbocycles. The molecule has 0 radical (unpaired) electrons. The summed E-state index contributed by atoms with van der Waals surface area (Å²) in [5, 5.41) is 0. The van der Waals surface area contributed by atoms with Gasteiger partial charge in [0.15, 0.2) is 0 Å². The zero-order valence-electron chi connectivity index (χ0n) is 36.8. The van der Waals surface area contributed by atoms with Gasteiger partial charge in [-0.2, -0.15) is 22.8 Å². The summed E-state index contributed by atoms with van der Waals surface area (Å²) in [6.45, 7) is 29.2. The molecule has 0 spiro atoms. The molecule has 3 aromatic rings. The first-order valence-electron chi connectivity index (χ1n) is 20.9. The second kappa shape index (κ2) is 18.0. The van der Waals surface area contributed by atoms with Crippen molar-refractivity contribution < 1.29 is 49.0 Å². The molecule has 0 aliphatic heterocycles. The van der Waals surface area contributed by atoms with Crippen molar-refractivity contribution in [3.63, 3.8) is 0 Å². The van der Waals surface area contributed by atoms with Gasteiger partial charge in [0.1, 0.15) is 0 Å². The molecule has 0 nitrogen and oxygen atoms in total. The summed E-state index contributed by atoms with van der Waals surface area (Å²) in [4.78, 5) is 0. The fourth-order valence-corrected chi connectivity index (χ4v) is 11.4. The van der Waals surface area contributed by atoms with E-state index in [1.165, 1.54) is 40.7 Å². The van der Waals surface area contributed by atoms with Crippen molar-refractivity contribution in [2.24, 2.45) is 38.9 Å². The summed E-state index contributed by atoms with van der Waals surface area (Å²) in [7, 11) is 0. The second-order valence-corrected chi connectivity index (χ2v) is 21.4. The number of halogens is 2. The van der Waals surface area contributed by atoms with E-state index in [2.05, 4.69) is 198 Å². The van der Waals surface area contributed by atoms with Crippen LogP contribution in [0.15, 0.2) is 132 Å². The zero-order valence-corrected chi connectivity index (χ0v) is 40.8. The van der Waals surface area contributed by atoms with Crippen LogP contribution < -0.4 is 24.8 Å². The quantitative estimate of drug-likeness (QED) is 0.233. The average Bonchev–Trinajstić information content (AvgIpc) is 3.76. The third-order valence-electron chi connectivity index (χ3n) is 15.1. The maximum atomic E-state index is 3.26. The van der Waals surface area contributed by atoms with Gasteiger partial charge in [-0.15, -0.1) is 6.92 Å². The van der Waals surface area contributed by atoms with Crippen LogP contribution in [0.5, 0.6) is 0 Å². The summed E-state index contributed by atoms with van der Waals surface area (Å²) in [5.41, 5.74) is 14.9. The van der Waals surface area contributed by atoms with E-state index in [0.29, 0.717) is 17.3 Å². The van der Waals surface area contributed by atoms with Gasteiger partial charge < -0.3 is 24.8 Å². The molecule has 1 fully saturated rings. The van der Waals surface area contributed by atoms with Crippen molar-refractivity contribution in [2.75, 3.05) is 0 Å². The Kier molecular flexibility index (Phi) is 15.0. The van der Waals surface area contributed by atoms with Gasteiger partial charge in [-0.3, -0.25) is 6.08 Å². The number of hydrogen-bond donors (Lipinski definition) is 0. The summed E-state index contributed by atoms with van der Waals surface area (Å²) >= 11 is 1.55. The van der Waals surface area contributed by atoms with Gasteiger partial charge >= 0.3 is 112 Å². The van der Waals surface area contributed by atoms with E-state index >= 15 is 0 Å². The van der Waals surface area contributed by atoms with E-state index < -0.39 is 0 Å². The van der Waals surface area contributed by atoms with Crippen molar-refractivity contribution in [1.29, 1.82) is 0 Å². The molecule has 302 valence electrons. The van der Waals surface area contributed by atoms with Gasteiger partial charge in [0, 0.05) is 0 Å². The number of fused-ring (bicyclic) bond motifs is 6. The monoisotopic (exact) mass is 874 g/mol. The van der Waals surface area contributed by atoms with Crippen LogP contribution in [0.4, 0.5) is 0 Å². The van der Waals surface area contributed by atoms with Crippen LogP contribution >= 0.6 is 0 Å². The number of rotatable bonds is 4. The van der Waals surface area contributed by atoms with Crippen LogP contribution in [0.2, 0.25) is 0 Å². The topological polar surface area (TPSA) is 0 Å². The summed E-state index contributed by atoms with van der Waals surface area (Å²) in [6, 6.07) is 30.6. The van der Waals surface area contributed by atoms with Crippen molar-refractivity contribution >= 4 is 8.78 Å². The molecule has 0 amide bonds. The van der Waals surface area contributed by atoms with Crippen LogP contribution in [0.25, 0.3) is 5.57 Å². The van der Waals surface area contributed by atoms with E-state index in [1.807, 2.05) is 0 Å². The molecule has 0 bridgehead atoms. The molecule has 3 atom stereocenters. The molecule has 0 N–H and O–H groups in total. The van der Waals surface area contributed by atoms with Crippen molar-refractivity contribution in [1.82, 2.24) is 0 Å². The van der Waals surface area contributed by atoms with Crippen LogP contribution in [0, 0.1) is 50.9 Å². The Morgan fingerprint density at radius 1 is 0.789 bits per heavy atom. The number of allylic oxidation sites excluding steroid dienone is 10. The van der Waals surface area contributed by atoms with E-state index in [-0.39, 0.29) is 46.5 Å². The Hall–Kier alpha value is -2.44. The van der Waals surface area contributed by atoms with E-state index in [4.69, 9.17) is 0 Å². The molecule has 0 aromatic heterocycles. The first kappa shape index (κ1) is 47.2. The Labute approximate surface area is 375 Å². The van der Waals surface area contributed by atoms with E-state index in [9.17, 15) is 0 Å². The maximum absolute atomic E-state index is 3.26. The molecule has 1 saturated carbocycles. The predicted octanol–water partition coefficient (Wildman–Crippen LogP) is 8.13. The second-order valence-electron chi connectivity index (χ2n) is 19.7. The Bertz CT molecular complexity index is 2000. The third kappa shape index (κ3) is 8.75. The van der Waals surface area contributed by atoms with Crippen LogP contribution in [-0.2, 0) is 43.5 Å². The van der Waals surface area contributed by atoms with Crippen LogP contribution in [0.3, 0.4) is 0 Å². The standard InChI is InChI=1S/C29H37.C15H14.C10H15.2ClH.Zr/c1-18-25-22-17-19-13-9-10-14-20(19)24(22)21-15-11-12-16-23(21)29(25,8)28(6,7)27(4,5)26(18,2)3;1-3-8-14(9-4-1)12-7-13-15-10-5-2-6-11-15;1-8-5-6-9(7-8)10(2,3)4;;;/h9-11,13-15,23H,12,16-17H2,1-8H3;1-6,8-11H,12-13H2;6-8H,1-4H3;2*1H;/q-1;;-1;;;+2/p-2. The molecular weight excluding hydrogens is 811 g/mol. The summed E-state index contributed by atoms with van der Waals surface area (Å²) < 4.78 is 1.60. The molecule has 3 aromatic carbocycles. The third-order valence-corrected chi connectivity index (χ3v) is 16.0. The van der Waals surface area contributed by atoms with Gasteiger partial charge in [0.25, 0.3) is 0 Å². The minimum absolute atomic E-state index is 0. The molecular formula is C54H66Cl2Zr-2. The van der Waals surface area contributed by atoms with E-state index in [1.54, 1.807) is 55.7 Å². The Morgan fingerprint density at radius 2 is 1.33 bits per heavy atom. The van der Waals surface area contributed by atoms with Gasteiger partial charge in [0.2, 0.25) is 0 Å². The minimum atomic E-state index is 0. The van der Waals surface area contributed by atoms with E-state index in [0.717, 1.165) is 19.3 Å².